The maximum Gasteiger partial charge on any atom is 0.332 e. The fraction of sp³-hybridized carbons (Fsp3) is 0.389. The zero-order chi connectivity index (χ0) is 17.7. The van der Waals surface area contributed by atoms with Crippen LogP contribution in [0, 0.1) is 5.92 Å². The zero-order valence-corrected chi connectivity index (χ0v) is 14.6. The van der Waals surface area contributed by atoms with Crippen molar-refractivity contribution in [3.8, 4) is 0 Å². The number of nitrogens with zero attached hydrogens (tertiary/aromatic N) is 5. The summed E-state index contributed by atoms with van der Waals surface area (Å²) in [5, 5.41) is 0. The summed E-state index contributed by atoms with van der Waals surface area (Å²) in [5.41, 5.74) is 1.43. The average Bonchev–Trinajstić information content (AvgIpc) is 3.16. The van der Waals surface area contributed by atoms with Gasteiger partial charge in [0.2, 0.25) is 5.95 Å². The van der Waals surface area contributed by atoms with Crippen LogP contribution in [-0.4, -0.2) is 25.2 Å². The molecule has 1 aliphatic rings. The van der Waals surface area contributed by atoms with E-state index < -0.39 is 0 Å². The summed E-state index contributed by atoms with van der Waals surface area (Å²) in [6.07, 6.45) is 0. The Morgan fingerprint density at radius 3 is 2.52 bits per heavy atom. The second kappa shape index (κ2) is 5.61. The van der Waals surface area contributed by atoms with Gasteiger partial charge in [0.25, 0.3) is 5.56 Å². The Labute approximate surface area is 144 Å². The molecule has 7 nitrogen and oxygen atoms in total. The molecule has 4 rings (SSSR count). The number of aryl methyl sites for hydroxylation is 1. The molecule has 0 amide bonds. The first kappa shape index (κ1) is 15.7. The lowest BCUT2D eigenvalue weighted by Crippen LogP contribution is -2.40. The van der Waals surface area contributed by atoms with Crippen LogP contribution in [0.3, 0.4) is 0 Å². The Balaban J connectivity index is 1.97. The third-order valence-electron chi connectivity index (χ3n) is 4.62. The van der Waals surface area contributed by atoms with Gasteiger partial charge in [0.15, 0.2) is 11.2 Å². The summed E-state index contributed by atoms with van der Waals surface area (Å²) in [4.78, 5) is 32.3. The van der Waals surface area contributed by atoms with E-state index in [-0.39, 0.29) is 17.2 Å². The number of para-hydroxylation sites is 1. The Kier molecular flexibility index (Phi) is 3.52. The van der Waals surface area contributed by atoms with Gasteiger partial charge in [-0.25, -0.2) is 4.79 Å². The van der Waals surface area contributed by atoms with Crippen LogP contribution in [0.5, 0.6) is 0 Å². The van der Waals surface area contributed by atoms with E-state index in [0.29, 0.717) is 24.3 Å². The molecule has 0 fully saturated rings. The van der Waals surface area contributed by atoms with E-state index in [9.17, 15) is 9.59 Å². The van der Waals surface area contributed by atoms with Crippen LogP contribution in [0.1, 0.15) is 13.8 Å². The van der Waals surface area contributed by atoms with Crippen molar-refractivity contribution in [3.63, 3.8) is 0 Å². The molecule has 1 aliphatic heterocycles. The van der Waals surface area contributed by atoms with E-state index in [4.69, 9.17) is 0 Å². The van der Waals surface area contributed by atoms with Crippen LogP contribution in [0.25, 0.3) is 11.2 Å². The molecular formula is C18H21N5O2. The third-order valence-corrected chi connectivity index (χ3v) is 4.62. The fourth-order valence-corrected chi connectivity index (χ4v) is 3.46. The van der Waals surface area contributed by atoms with Gasteiger partial charge in [-0.2, -0.15) is 4.98 Å². The highest BCUT2D eigenvalue weighted by Crippen LogP contribution is 2.31. The van der Waals surface area contributed by atoms with E-state index in [1.807, 2.05) is 48.7 Å². The summed E-state index contributed by atoms with van der Waals surface area (Å²) in [5.74, 6) is 0.931. The van der Waals surface area contributed by atoms with Crippen LogP contribution >= 0.6 is 0 Å². The molecule has 130 valence electrons. The molecule has 7 heteroatoms. The van der Waals surface area contributed by atoms with Crippen molar-refractivity contribution in [1.82, 2.24) is 18.7 Å². The highest BCUT2D eigenvalue weighted by Gasteiger charge is 2.28. The predicted molar refractivity (Wildman–Crippen MR) is 97.5 cm³/mol. The molecule has 0 N–H and O–H groups in total. The molecule has 0 saturated heterocycles. The molecule has 1 aromatic carbocycles. The van der Waals surface area contributed by atoms with E-state index in [1.165, 1.54) is 9.13 Å². The first-order chi connectivity index (χ1) is 12.0. The van der Waals surface area contributed by atoms with Gasteiger partial charge in [-0.3, -0.25) is 13.9 Å². The van der Waals surface area contributed by atoms with Gasteiger partial charge >= 0.3 is 5.69 Å². The molecule has 25 heavy (non-hydrogen) atoms. The second-order valence-electron chi connectivity index (χ2n) is 6.87. The van der Waals surface area contributed by atoms with Gasteiger partial charge < -0.3 is 9.47 Å². The van der Waals surface area contributed by atoms with Gasteiger partial charge in [-0.15, -0.1) is 0 Å². The molecule has 0 unspecified atom stereocenters. The minimum Gasteiger partial charge on any atom is -0.310 e. The smallest absolute Gasteiger partial charge is 0.310 e. The average molecular weight is 339 g/mol. The molecule has 0 radical (unpaired) electrons. The number of hydrogen-bond donors (Lipinski definition) is 0. The maximum absolute atomic E-state index is 13.0. The Morgan fingerprint density at radius 2 is 1.84 bits per heavy atom. The Morgan fingerprint density at radius 1 is 1.12 bits per heavy atom. The molecule has 0 bridgehead atoms. The number of benzene rings is 1. The van der Waals surface area contributed by atoms with Crippen molar-refractivity contribution in [2.75, 3.05) is 11.4 Å². The predicted octanol–water partition coefficient (Wildman–Crippen LogP) is 1.70. The topological polar surface area (TPSA) is 65.1 Å². The van der Waals surface area contributed by atoms with Crippen molar-refractivity contribution in [2.24, 2.45) is 13.0 Å². The molecule has 0 spiro atoms. The monoisotopic (exact) mass is 339 g/mol. The summed E-state index contributed by atoms with van der Waals surface area (Å²) in [7, 11) is 1.68. The van der Waals surface area contributed by atoms with Crippen LogP contribution in [-0.2, 0) is 20.1 Å². The quantitative estimate of drug-likeness (QED) is 0.729. The molecule has 2 aromatic heterocycles. The summed E-state index contributed by atoms with van der Waals surface area (Å²) in [6, 6.07) is 9.96. The van der Waals surface area contributed by atoms with E-state index in [2.05, 4.69) is 9.88 Å². The third kappa shape index (κ3) is 2.30. The van der Waals surface area contributed by atoms with E-state index >= 15 is 0 Å². The lowest BCUT2D eigenvalue weighted by molar-refractivity contribution is 0.484. The van der Waals surface area contributed by atoms with Gasteiger partial charge in [0.05, 0.1) is 0 Å². The van der Waals surface area contributed by atoms with Gasteiger partial charge in [-0.05, 0) is 18.1 Å². The first-order valence-electron chi connectivity index (χ1n) is 8.51. The van der Waals surface area contributed by atoms with Gasteiger partial charge in [-0.1, -0.05) is 32.0 Å². The maximum atomic E-state index is 13.0. The van der Waals surface area contributed by atoms with Crippen LogP contribution in [0.4, 0.5) is 11.6 Å². The van der Waals surface area contributed by atoms with Crippen molar-refractivity contribution < 1.29 is 0 Å². The highest BCUT2D eigenvalue weighted by molar-refractivity contribution is 5.77. The lowest BCUT2D eigenvalue weighted by atomic mass is 10.2. The number of anilines is 2. The van der Waals surface area contributed by atoms with Crippen molar-refractivity contribution in [1.29, 1.82) is 0 Å². The highest BCUT2D eigenvalue weighted by atomic mass is 16.2. The molecule has 3 heterocycles. The normalized spacial score (nSPS) is 13.8. The van der Waals surface area contributed by atoms with Crippen LogP contribution in [0.2, 0.25) is 0 Å². The molecule has 0 aliphatic carbocycles. The Hall–Kier alpha value is -2.83. The van der Waals surface area contributed by atoms with Crippen molar-refractivity contribution in [3.05, 3.63) is 51.2 Å². The summed E-state index contributed by atoms with van der Waals surface area (Å²) >= 11 is 0. The fourth-order valence-electron chi connectivity index (χ4n) is 3.46. The number of rotatable bonds is 3. The van der Waals surface area contributed by atoms with Crippen LogP contribution in [0.15, 0.2) is 39.9 Å². The van der Waals surface area contributed by atoms with Gasteiger partial charge in [0.1, 0.15) is 0 Å². The molecule has 3 aromatic rings. The van der Waals surface area contributed by atoms with Crippen LogP contribution < -0.4 is 16.1 Å². The summed E-state index contributed by atoms with van der Waals surface area (Å²) < 4.78 is 4.74. The van der Waals surface area contributed by atoms with Crippen molar-refractivity contribution >= 4 is 22.8 Å². The standard InChI is InChI=1S/C18H21N5O2/c1-12(2)11-23-16(24)14-15(20(3)18(23)25)19-17-21(9-10-22(14)17)13-7-5-4-6-8-13/h4-8,12H,9-11H2,1-3H3. The largest absolute Gasteiger partial charge is 0.332 e. The van der Waals surface area contributed by atoms with E-state index in [1.54, 1.807) is 7.05 Å². The van der Waals surface area contributed by atoms with Crippen molar-refractivity contribution in [2.45, 2.75) is 26.9 Å². The minimum absolute atomic E-state index is 0.213. The lowest BCUT2D eigenvalue weighted by Gasteiger charge is -2.15. The number of fused-ring (bicyclic) bond motifs is 3. The molecule has 0 atom stereocenters. The number of hydrogen-bond acceptors (Lipinski definition) is 4. The number of aromatic nitrogens is 4. The van der Waals surface area contributed by atoms with E-state index in [0.717, 1.165) is 18.2 Å². The molecular weight excluding hydrogens is 318 g/mol. The zero-order valence-electron chi connectivity index (χ0n) is 14.6. The summed E-state index contributed by atoms with van der Waals surface area (Å²) in [6.45, 7) is 5.83. The van der Waals surface area contributed by atoms with Gasteiger partial charge in [0, 0.05) is 32.4 Å². The minimum atomic E-state index is -0.311. The SMILES string of the molecule is CC(C)Cn1c(=O)c2c(nc3n2CCN3c2ccccc2)n(C)c1=O. The first-order valence-corrected chi connectivity index (χ1v) is 8.51. The number of imidazole rings is 1. The molecule has 0 saturated carbocycles. The second-order valence-corrected chi connectivity index (χ2v) is 6.87. The Bertz CT molecular complexity index is 1060.